The molecule has 0 unspecified atom stereocenters. The molecule has 0 aliphatic rings. The maximum Gasteiger partial charge on any atom is 0.207 e. The molecule has 0 spiro atoms. The summed E-state index contributed by atoms with van der Waals surface area (Å²) in [6.07, 6.45) is 4.36. The molecule has 0 radical (unpaired) electrons. The molecular weight excluding hydrogens is 224 g/mol. The summed E-state index contributed by atoms with van der Waals surface area (Å²) in [4.78, 5) is 4.06. The summed E-state index contributed by atoms with van der Waals surface area (Å²) in [5.74, 6) is -0.476. The highest BCUT2D eigenvalue weighted by Crippen LogP contribution is 2.20. The van der Waals surface area contributed by atoms with E-state index in [0.29, 0.717) is 5.95 Å². The lowest BCUT2D eigenvalue weighted by Gasteiger charge is -2.09. The second-order valence-corrected chi connectivity index (χ2v) is 3.69. The number of hydrogen-bond donors (Lipinski definition) is 1. The van der Waals surface area contributed by atoms with Gasteiger partial charge in [-0.2, -0.15) is 0 Å². The Bertz CT molecular complexity index is 508. The molecule has 2 aromatic rings. The van der Waals surface area contributed by atoms with Crippen LogP contribution in [0.15, 0.2) is 30.6 Å². The molecule has 0 atom stereocenters. The Morgan fingerprint density at radius 1 is 1.35 bits per heavy atom. The Labute approximate surface area is 98.1 Å². The minimum absolute atomic E-state index is 0.0913. The molecule has 0 fully saturated rings. The zero-order valence-electron chi connectivity index (χ0n) is 9.45. The predicted octanol–water partition coefficient (Wildman–Crippen LogP) is 3.31. The van der Waals surface area contributed by atoms with E-state index < -0.39 is 11.6 Å². The van der Waals surface area contributed by atoms with Gasteiger partial charge in [0.2, 0.25) is 5.95 Å². The van der Waals surface area contributed by atoms with Crippen LogP contribution in [0.25, 0.3) is 0 Å². The van der Waals surface area contributed by atoms with Crippen LogP contribution < -0.4 is 5.32 Å². The number of rotatable bonds is 4. The number of nitrogens with zero attached hydrogens (tertiary/aromatic N) is 2. The Hall–Kier alpha value is -1.91. The van der Waals surface area contributed by atoms with Crippen LogP contribution in [0.4, 0.5) is 20.4 Å². The molecule has 0 saturated heterocycles. The number of hydrogen-bond acceptors (Lipinski definition) is 2. The van der Waals surface area contributed by atoms with Gasteiger partial charge in [0.1, 0.15) is 11.6 Å². The molecule has 90 valence electrons. The molecule has 0 saturated carbocycles. The van der Waals surface area contributed by atoms with E-state index in [1.807, 2.05) is 11.5 Å². The minimum Gasteiger partial charge on any atom is -0.323 e. The van der Waals surface area contributed by atoms with Crippen LogP contribution in [0.2, 0.25) is 0 Å². The molecule has 3 nitrogen and oxygen atoms in total. The molecular formula is C12H13F2N3. The minimum atomic E-state index is -0.502. The summed E-state index contributed by atoms with van der Waals surface area (Å²) in [5.41, 5.74) is 0.0913. The van der Waals surface area contributed by atoms with E-state index in [4.69, 9.17) is 0 Å². The van der Waals surface area contributed by atoms with Crippen LogP contribution >= 0.6 is 0 Å². The van der Waals surface area contributed by atoms with Crippen molar-refractivity contribution >= 4 is 11.6 Å². The fraction of sp³-hybridized carbons (Fsp3) is 0.250. The van der Waals surface area contributed by atoms with Crippen molar-refractivity contribution in [2.24, 2.45) is 0 Å². The molecule has 0 aliphatic heterocycles. The number of aromatic nitrogens is 2. The predicted molar refractivity (Wildman–Crippen MR) is 62.2 cm³/mol. The largest absolute Gasteiger partial charge is 0.323 e. The van der Waals surface area contributed by atoms with Crippen molar-refractivity contribution in [3.63, 3.8) is 0 Å². The van der Waals surface area contributed by atoms with Crippen LogP contribution in [-0.2, 0) is 6.54 Å². The van der Waals surface area contributed by atoms with Crippen molar-refractivity contribution in [1.29, 1.82) is 0 Å². The molecule has 2 rings (SSSR count). The molecule has 1 heterocycles. The summed E-state index contributed by atoms with van der Waals surface area (Å²) in [7, 11) is 0. The first kappa shape index (κ1) is 11.6. The number of halogens is 2. The lowest BCUT2D eigenvalue weighted by molar-refractivity contribution is 0.603. The second kappa shape index (κ2) is 4.95. The van der Waals surface area contributed by atoms with E-state index in [0.717, 1.165) is 31.2 Å². The van der Waals surface area contributed by atoms with Crippen LogP contribution in [-0.4, -0.2) is 9.55 Å². The number of nitrogens with one attached hydrogen (secondary N) is 1. The summed E-state index contributed by atoms with van der Waals surface area (Å²) < 4.78 is 28.3. The summed E-state index contributed by atoms with van der Waals surface area (Å²) in [5, 5.41) is 2.78. The third-order valence-electron chi connectivity index (χ3n) is 2.35. The van der Waals surface area contributed by atoms with Crippen molar-refractivity contribution in [2.75, 3.05) is 5.32 Å². The average molecular weight is 237 g/mol. The number of imidazole rings is 1. The van der Waals surface area contributed by atoms with Crippen molar-refractivity contribution < 1.29 is 8.78 Å². The van der Waals surface area contributed by atoms with Crippen LogP contribution in [0.3, 0.4) is 0 Å². The number of aryl methyl sites for hydroxylation is 1. The van der Waals surface area contributed by atoms with E-state index in [9.17, 15) is 8.78 Å². The Kier molecular flexibility index (Phi) is 3.37. The van der Waals surface area contributed by atoms with Gasteiger partial charge in [0, 0.05) is 25.0 Å². The van der Waals surface area contributed by atoms with E-state index in [-0.39, 0.29) is 5.69 Å². The first-order chi connectivity index (χ1) is 8.20. The number of anilines is 2. The van der Waals surface area contributed by atoms with E-state index in [1.165, 1.54) is 0 Å². The SMILES string of the molecule is CCCn1ccnc1Nc1cc(F)ccc1F. The first-order valence-corrected chi connectivity index (χ1v) is 5.44. The topological polar surface area (TPSA) is 29.9 Å². The van der Waals surface area contributed by atoms with Crippen LogP contribution in [0.5, 0.6) is 0 Å². The monoisotopic (exact) mass is 237 g/mol. The van der Waals surface area contributed by atoms with Crippen molar-refractivity contribution in [3.8, 4) is 0 Å². The quantitative estimate of drug-likeness (QED) is 0.884. The Morgan fingerprint density at radius 3 is 2.94 bits per heavy atom. The van der Waals surface area contributed by atoms with Crippen molar-refractivity contribution in [1.82, 2.24) is 9.55 Å². The molecule has 1 aromatic heterocycles. The molecule has 5 heteroatoms. The number of benzene rings is 1. The smallest absolute Gasteiger partial charge is 0.207 e. The van der Waals surface area contributed by atoms with Gasteiger partial charge in [-0.25, -0.2) is 13.8 Å². The van der Waals surface area contributed by atoms with E-state index in [1.54, 1.807) is 12.4 Å². The van der Waals surface area contributed by atoms with Crippen molar-refractivity contribution in [2.45, 2.75) is 19.9 Å². The van der Waals surface area contributed by atoms with Gasteiger partial charge in [-0.15, -0.1) is 0 Å². The fourth-order valence-corrected chi connectivity index (χ4v) is 1.57. The third-order valence-corrected chi connectivity index (χ3v) is 2.35. The summed E-state index contributed by atoms with van der Waals surface area (Å²) >= 11 is 0. The molecule has 1 N–H and O–H groups in total. The molecule has 0 aliphatic carbocycles. The lowest BCUT2D eigenvalue weighted by atomic mass is 10.3. The zero-order valence-corrected chi connectivity index (χ0v) is 9.45. The Morgan fingerprint density at radius 2 is 2.18 bits per heavy atom. The Balaban J connectivity index is 2.25. The molecule has 0 bridgehead atoms. The van der Waals surface area contributed by atoms with Crippen LogP contribution in [0, 0.1) is 11.6 Å². The summed E-state index contributed by atoms with van der Waals surface area (Å²) in [6.45, 7) is 2.81. The second-order valence-electron chi connectivity index (χ2n) is 3.69. The van der Waals surface area contributed by atoms with Gasteiger partial charge in [-0.3, -0.25) is 0 Å². The highest BCUT2D eigenvalue weighted by Gasteiger charge is 2.07. The highest BCUT2D eigenvalue weighted by molar-refractivity contribution is 5.54. The van der Waals surface area contributed by atoms with Gasteiger partial charge in [-0.05, 0) is 18.6 Å². The summed E-state index contributed by atoms with van der Waals surface area (Å²) in [6, 6.07) is 3.28. The molecule has 17 heavy (non-hydrogen) atoms. The van der Waals surface area contributed by atoms with E-state index >= 15 is 0 Å². The molecule has 0 amide bonds. The average Bonchev–Trinajstić information content (AvgIpc) is 2.72. The van der Waals surface area contributed by atoms with Crippen molar-refractivity contribution in [3.05, 3.63) is 42.2 Å². The maximum absolute atomic E-state index is 13.4. The van der Waals surface area contributed by atoms with E-state index in [2.05, 4.69) is 10.3 Å². The lowest BCUT2D eigenvalue weighted by Crippen LogP contribution is -2.04. The maximum atomic E-state index is 13.4. The first-order valence-electron chi connectivity index (χ1n) is 5.44. The van der Waals surface area contributed by atoms with Gasteiger partial charge >= 0.3 is 0 Å². The van der Waals surface area contributed by atoms with Crippen LogP contribution in [0.1, 0.15) is 13.3 Å². The van der Waals surface area contributed by atoms with Gasteiger partial charge in [0.15, 0.2) is 0 Å². The van der Waals surface area contributed by atoms with Gasteiger partial charge in [0.25, 0.3) is 0 Å². The fourth-order valence-electron chi connectivity index (χ4n) is 1.57. The third kappa shape index (κ3) is 2.61. The van der Waals surface area contributed by atoms with Gasteiger partial charge < -0.3 is 9.88 Å². The normalized spacial score (nSPS) is 10.5. The highest BCUT2D eigenvalue weighted by atomic mass is 19.1. The molecule has 1 aromatic carbocycles. The zero-order chi connectivity index (χ0) is 12.3. The van der Waals surface area contributed by atoms with Gasteiger partial charge in [-0.1, -0.05) is 6.92 Å². The standard InChI is InChI=1S/C12H13F2N3/c1-2-6-17-7-5-15-12(17)16-11-8-9(13)3-4-10(11)14/h3-5,7-8H,2,6H2,1H3,(H,15,16). The van der Waals surface area contributed by atoms with Gasteiger partial charge in [0.05, 0.1) is 5.69 Å².